The molecule has 10 nitrogen and oxygen atoms in total. The number of nitrogens with two attached hydrogens (primary N) is 1. The molecule has 0 saturated carbocycles. The number of hydrogen-bond donors (Lipinski definition) is 2. The van der Waals surface area contributed by atoms with Gasteiger partial charge in [-0.3, -0.25) is 14.6 Å². The standard InChI is InChI=1S/C26H23F3N8O2/c1-14-4-5-19(9-21(14)37-12-17-10-31-24(30)34-22(17)35(3)25(37)39)33-23(38)16-6-18(26(27,28)29)8-20(7-16)36-11-15(2)32-13-36/h4-11,13H,12H2,1-3H3,(H,33,38)(H2,30,31,34). The van der Waals surface area contributed by atoms with Gasteiger partial charge in [-0.25, -0.2) is 14.8 Å². The van der Waals surface area contributed by atoms with Crippen LogP contribution in [0.15, 0.2) is 55.1 Å². The molecule has 0 bridgehead atoms. The van der Waals surface area contributed by atoms with Crippen molar-refractivity contribution >= 4 is 35.1 Å². The Morgan fingerprint density at radius 2 is 1.87 bits per heavy atom. The van der Waals surface area contributed by atoms with Crippen molar-refractivity contribution in [3.05, 3.63) is 83.1 Å². The van der Waals surface area contributed by atoms with Crippen LogP contribution in [0.4, 0.5) is 41.1 Å². The fourth-order valence-corrected chi connectivity index (χ4v) is 4.31. The molecule has 0 spiro atoms. The number of amides is 3. The molecule has 0 fully saturated rings. The summed E-state index contributed by atoms with van der Waals surface area (Å²) < 4.78 is 42.3. The molecule has 0 atom stereocenters. The molecule has 3 amide bonds. The Balaban J connectivity index is 1.46. The summed E-state index contributed by atoms with van der Waals surface area (Å²) in [7, 11) is 1.56. The maximum Gasteiger partial charge on any atom is 0.416 e. The Hall–Kier alpha value is -4.94. The van der Waals surface area contributed by atoms with Crippen LogP contribution in [0.25, 0.3) is 5.69 Å². The SMILES string of the molecule is Cc1cn(-c2cc(C(=O)Nc3ccc(C)c(N4Cc5cnc(N)nc5N(C)C4=O)c3)cc(C(F)(F)F)c2)cn1. The zero-order chi connectivity index (χ0) is 28.1. The number of aromatic nitrogens is 4. The average Bonchev–Trinajstić information content (AvgIpc) is 3.33. The van der Waals surface area contributed by atoms with E-state index in [-0.39, 0.29) is 29.8 Å². The van der Waals surface area contributed by atoms with Crippen LogP contribution in [0.1, 0.15) is 32.7 Å². The smallest absolute Gasteiger partial charge is 0.368 e. The predicted molar refractivity (Wildman–Crippen MR) is 139 cm³/mol. The van der Waals surface area contributed by atoms with Crippen LogP contribution in [0.3, 0.4) is 0 Å². The van der Waals surface area contributed by atoms with E-state index in [4.69, 9.17) is 5.73 Å². The van der Waals surface area contributed by atoms with E-state index in [0.717, 1.165) is 17.7 Å². The van der Waals surface area contributed by atoms with E-state index in [2.05, 4.69) is 20.3 Å². The van der Waals surface area contributed by atoms with Crippen molar-refractivity contribution in [3.8, 4) is 5.69 Å². The number of urea groups is 1. The van der Waals surface area contributed by atoms with Crippen molar-refractivity contribution in [1.82, 2.24) is 19.5 Å². The topological polar surface area (TPSA) is 122 Å². The molecule has 1 aliphatic rings. The summed E-state index contributed by atoms with van der Waals surface area (Å²) in [6, 6.07) is 7.64. The largest absolute Gasteiger partial charge is 0.416 e. The number of carbonyl (C=O) groups excluding carboxylic acids is 2. The Bertz CT molecular complexity index is 1620. The Kier molecular flexibility index (Phi) is 6.21. The number of benzene rings is 2. The summed E-state index contributed by atoms with van der Waals surface area (Å²) in [6.07, 6.45) is -0.179. The molecule has 0 unspecified atom stereocenters. The molecule has 13 heteroatoms. The van der Waals surface area contributed by atoms with Crippen LogP contribution < -0.4 is 20.9 Å². The van der Waals surface area contributed by atoms with Gasteiger partial charge < -0.3 is 15.6 Å². The van der Waals surface area contributed by atoms with Gasteiger partial charge in [0.2, 0.25) is 5.95 Å². The van der Waals surface area contributed by atoms with Gasteiger partial charge in [0, 0.05) is 41.9 Å². The number of fused-ring (bicyclic) bond motifs is 1. The minimum absolute atomic E-state index is 0.0451. The Morgan fingerprint density at radius 3 is 2.56 bits per heavy atom. The molecule has 2 aromatic heterocycles. The second-order valence-electron chi connectivity index (χ2n) is 9.15. The zero-order valence-corrected chi connectivity index (χ0v) is 21.1. The third-order valence-electron chi connectivity index (χ3n) is 6.30. The summed E-state index contributed by atoms with van der Waals surface area (Å²) in [5.74, 6) is -0.298. The molecular formula is C26H23F3N8O2. The Labute approximate surface area is 220 Å². The fraction of sp³-hybridized carbons (Fsp3) is 0.192. The first-order valence-electron chi connectivity index (χ1n) is 11.7. The van der Waals surface area contributed by atoms with Gasteiger partial charge >= 0.3 is 12.2 Å². The fourth-order valence-electron chi connectivity index (χ4n) is 4.31. The lowest BCUT2D eigenvalue weighted by molar-refractivity contribution is -0.137. The lowest BCUT2D eigenvalue weighted by Crippen LogP contribution is -2.46. The molecule has 39 heavy (non-hydrogen) atoms. The summed E-state index contributed by atoms with van der Waals surface area (Å²) in [5.41, 5.74) is 7.49. The minimum atomic E-state index is -4.66. The second kappa shape index (κ2) is 9.42. The monoisotopic (exact) mass is 536 g/mol. The van der Waals surface area contributed by atoms with Crippen molar-refractivity contribution < 1.29 is 22.8 Å². The lowest BCUT2D eigenvalue weighted by atomic mass is 10.1. The number of carbonyl (C=O) groups is 2. The van der Waals surface area contributed by atoms with E-state index >= 15 is 0 Å². The molecular weight excluding hydrogens is 513 g/mol. The number of anilines is 4. The van der Waals surface area contributed by atoms with Crippen molar-refractivity contribution in [2.75, 3.05) is 27.9 Å². The highest BCUT2D eigenvalue weighted by Gasteiger charge is 2.33. The third-order valence-corrected chi connectivity index (χ3v) is 6.30. The highest BCUT2D eigenvalue weighted by Crippen LogP contribution is 2.34. The predicted octanol–water partition coefficient (Wildman–Crippen LogP) is 4.71. The molecule has 3 N–H and O–H groups in total. The summed E-state index contributed by atoms with van der Waals surface area (Å²) in [6.45, 7) is 3.67. The molecule has 200 valence electrons. The Morgan fingerprint density at radius 1 is 1.10 bits per heavy atom. The van der Waals surface area contributed by atoms with Crippen molar-refractivity contribution in [3.63, 3.8) is 0 Å². The molecule has 0 aliphatic carbocycles. The number of aryl methyl sites for hydroxylation is 2. The number of nitrogens with one attached hydrogen (secondary N) is 1. The average molecular weight is 537 g/mol. The third kappa shape index (κ3) is 4.98. The maximum absolute atomic E-state index is 13.6. The number of rotatable bonds is 4. The second-order valence-corrected chi connectivity index (χ2v) is 9.15. The van der Waals surface area contributed by atoms with E-state index in [1.807, 2.05) is 0 Å². The lowest BCUT2D eigenvalue weighted by Gasteiger charge is -2.34. The van der Waals surface area contributed by atoms with Gasteiger partial charge in [0.05, 0.1) is 29.8 Å². The summed E-state index contributed by atoms with van der Waals surface area (Å²) in [4.78, 5) is 41.4. The maximum atomic E-state index is 13.6. The number of nitrogen functional groups attached to an aromatic ring is 1. The number of alkyl halides is 3. The van der Waals surface area contributed by atoms with Gasteiger partial charge in [-0.05, 0) is 49.7 Å². The van der Waals surface area contributed by atoms with E-state index < -0.39 is 17.6 Å². The van der Waals surface area contributed by atoms with Crippen LogP contribution >= 0.6 is 0 Å². The van der Waals surface area contributed by atoms with E-state index in [1.165, 1.54) is 26.8 Å². The summed E-state index contributed by atoms with van der Waals surface area (Å²) in [5, 5.41) is 2.66. The number of imidazole rings is 1. The van der Waals surface area contributed by atoms with Gasteiger partial charge in [0.1, 0.15) is 5.82 Å². The van der Waals surface area contributed by atoms with Crippen LogP contribution in [-0.2, 0) is 12.7 Å². The van der Waals surface area contributed by atoms with Gasteiger partial charge in [0.25, 0.3) is 5.91 Å². The van der Waals surface area contributed by atoms with Crippen molar-refractivity contribution in [2.24, 2.45) is 0 Å². The number of hydrogen-bond acceptors (Lipinski definition) is 6. The van der Waals surface area contributed by atoms with Gasteiger partial charge in [-0.1, -0.05) is 6.07 Å². The molecule has 4 aromatic rings. The molecule has 3 heterocycles. The van der Waals surface area contributed by atoms with E-state index in [0.29, 0.717) is 28.5 Å². The molecule has 0 radical (unpaired) electrons. The first kappa shape index (κ1) is 25.7. The van der Waals surface area contributed by atoms with Crippen LogP contribution in [-0.4, -0.2) is 38.5 Å². The number of nitrogens with zero attached hydrogens (tertiary/aromatic N) is 6. The molecule has 5 rings (SSSR count). The highest BCUT2D eigenvalue weighted by molar-refractivity contribution is 6.07. The van der Waals surface area contributed by atoms with Gasteiger partial charge in [-0.2, -0.15) is 18.2 Å². The van der Waals surface area contributed by atoms with Gasteiger partial charge in [-0.15, -0.1) is 0 Å². The normalized spacial score (nSPS) is 13.4. The summed E-state index contributed by atoms with van der Waals surface area (Å²) >= 11 is 0. The minimum Gasteiger partial charge on any atom is -0.368 e. The van der Waals surface area contributed by atoms with E-state index in [1.54, 1.807) is 51.5 Å². The molecule has 0 saturated heterocycles. The number of halogens is 3. The quantitative estimate of drug-likeness (QED) is 0.390. The highest BCUT2D eigenvalue weighted by atomic mass is 19.4. The zero-order valence-electron chi connectivity index (χ0n) is 21.1. The van der Waals surface area contributed by atoms with Crippen molar-refractivity contribution in [2.45, 2.75) is 26.6 Å². The van der Waals surface area contributed by atoms with E-state index in [9.17, 15) is 22.8 Å². The van der Waals surface area contributed by atoms with Crippen LogP contribution in [0.2, 0.25) is 0 Å². The first-order chi connectivity index (χ1) is 18.4. The van der Waals surface area contributed by atoms with Gasteiger partial charge in [0.15, 0.2) is 0 Å². The van der Waals surface area contributed by atoms with Crippen LogP contribution in [0.5, 0.6) is 0 Å². The van der Waals surface area contributed by atoms with Crippen molar-refractivity contribution in [1.29, 1.82) is 0 Å². The van der Waals surface area contributed by atoms with Crippen LogP contribution in [0, 0.1) is 13.8 Å². The molecule has 1 aliphatic heterocycles. The first-order valence-corrected chi connectivity index (χ1v) is 11.7. The molecule has 2 aromatic carbocycles.